The number of hydrogen-bond acceptors (Lipinski definition) is 5. The molecule has 1 atom stereocenters. The predicted molar refractivity (Wildman–Crippen MR) is 107 cm³/mol. The summed E-state index contributed by atoms with van der Waals surface area (Å²) in [6.45, 7) is 3.98. The van der Waals surface area contributed by atoms with Gasteiger partial charge in [0, 0.05) is 17.7 Å². The molecule has 0 aromatic heterocycles. The van der Waals surface area contributed by atoms with Crippen molar-refractivity contribution < 1.29 is 23.1 Å². The quantitative estimate of drug-likeness (QED) is 0.773. The van der Waals surface area contributed by atoms with Crippen molar-refractivity contribution in [2.24, 2.45) is 0 Å². The van der Waals surface area contributed by atoms with E-state index in [2.05, 4.69) is 5.32 Å². The third-order valence-electron chi connectivity index (χ3n) is 5.15. The second-order valence-electron chi connectivity index (χ2n) is 6.97. The molecule has 2 aromatic carbocycles. The van der Waals surface area contributed by atoms with Crippen LogP contribution in [0.4, 0.5) is 5.69 Å². The number of anilines is 1. The van der Waals surface area contributed by atoms with Gasteiger partial charge in [-0.3, -0.25) is 4.79 Å². The Balaban J connectivity index is 1.71. The van der Waals surface area contributed by atoms with Gasteiger partial charge < -0.3 is 15.2 Å². The molecule has 3 rings (SSSR count). The van der Waals surface area contributed by atoms with E-state index < -0.39 is 15.4 Å². The number of rotatable bonds is 6. The Hall–Kier alpha value is -2.38. The Kier molecular flexibility index (Phi) is 5.76. The summed E-state index contributed by atoms with van der Waals surface area (Å²) in [5.41, 5.74) is 1.05. The molecule has 0 radical (unpaired) electrons. The molecule has 1 aliphatic heterocycles. The zero-order valence-corrected chi connectivity index (χ0v) is 16.9. The summed E-state index contributed by atoms with van der Waals surface area (Å²) in [4.78, 5) is 12.7. The van der Waals surface area contributed by atoms with Crippen LogP contribution in [0.3, 0.4) is 0 Å². The molecule has 150 valence electrons. The molecule has 1 amide bonds. The highest BCUT2D eigenvalue weighted by molar-refractivity contribution is 7.91. The van der Waals surface area contributed by atoms with Crippen LogP contribution in [0.15, 0.2) is 47.4 Å². The minimum absolute atomic E-state index is 0.0407. The number of sulfone groups is 1. The summed E-state index contributed by atoms with van der Waals surface area (Å²) in [7, 11) is -3.25. The summed E-state index contributed by atoms with van der Waals surface area (Å²) in [6.07, 6.45) is 1.20. The minimum Gasteiger partial charge on any atom is -0.493 e. The molecule has 2 N–H and O–H groups in total. The van der Waals surface area contributed by atoms with E-state index in [0.717, 1.165) is 5.56 Å². The van der Waals surface area contributed by atoms with Gasteiger partial charge in [-0.2, -0.15) is 0 Å². The van der Waals surface area contributed by atoms with Crippen molar-refractivity contribution in [1.29, 1.82) is 0 Å². The maximum Gasteiger partial charge on any atom is 0.228 e. The molecule has 0 saturated heterocycles. The van der Waals surface area contributed by atoms with Crippen molar-refractivity contribution in [3.8, 4) is 5.75 Å². The number of nitrogens with one attached hydrogen (secondary N) is 1. The number of amides is 1. The van der Waals surface area contributed by atoms with Gasteiger partial charge in [-0.15, -0.1) is 0 Å². The third-order valence-corrected chi connectivity index (χ3v) is 6.90. The molecule has 1 aliphatic rings. The molecule has 2 aromatic rings. The summed E-state index contributed by atoms with van der Waals surface area (Å²) < 4.78 is 29.3. The molecular weight excluding hydrogens is 378 g/mol. The number of carbonyl (C=O) groups is 1. The number of aliphatic hydroxyl groups is 1. The van der Waals surface area contributed by atoms with Crippen molar-refractivity contribution in [1.82, 2.24) is 0 Å². The standard InChI is InChI=1S/C21H25NO5S/c1-3-21(24)11-12-27-19-10-7-16(14-18(19)21)22-20(23)13-15-5-8-17(9-6-15)28(25,26)4-2/h5-10,14,24H,3-4,11-13H2,1-2H3,(H,22,23). The molecule has 7 heteroatoms. The van der Waals surface area contributed by atoms with Crippen LogP contribution < -0.4 is 10.1 Å². The monoisotopic (exact) mass is 403 g/mol. The first-order valence-corrected chi connectivity index (χ1v) is 11.0. The fraction of sp³-hybridized carbons (Fsp3) is 0.381. The Morgan fingerprint density at radius 2 is 1.89 bits per heavy atom. The van der Waals surface area contributed by atoms with Crippen LogP contribution in [-0.2, 0) is 26.7 Å². The second-order valence-corrected chi connectivity index (χ2v) is 9.25. The number of ether oxygens (including phenoxy) is 1. The average Bonchev–Trinajstić information content (AvgIpc) is 2.69. The topological polar surface area (TPSA) is 92.7 Å². The molecule has 0 saturated carbocycles. The molecule has 1 heterocycles. The predicted octanol–water partition coefficient (Wildman–Crippen LogP) is 3.04. The molecule has 0 bridgehead atoms. The van der Waals surface area contributed by atoms with Crippen molar-refractivity contribution in [3.05, 3.63) is 53.6 Å². The largest absolute Gasteiger partial charge is 0.493 e. The Morgan fingerprint density at radius 3 is 2.54 bits per heavy atom. The Bertz CT molecular complexity index is 969. The fourth-order valence-corrected chi connectivity index (χ4v) is 4.18. The molecule has 0 aliphatic carbocycles. The first-order chi connectivity index (χ1) is 13.3. The normalized spacial score (nSPS) is 18.8. The Morgan fingerprint density at radius 1 is 1.18 bits per heavy atom. The van der Waals surface area contributed by atoms with E-state index in [-0.39, 0.29) is 23.0 Å². The lowest BCUT2D eigenvalue weighted by molar-refractivity contribution is -0.115. The molecule has 0 fully saturated rings. The highest BCUT2D eigenvalue weighted by atomic mass is 32.2. The van der Waals surface area contributed by atoms with Crippen LogP contribution in [0.1, 0.15) is 37.8 Å². The molecular formula is C21H25NO5S. The van der Waals surface area contributed by atoms with Crippen LogP contribution in [0.5, 0.6) is 5.75 Å². The number of fused-ring (bicyclic) bond motifs is 1. The zero-order chi connectivity index (χ0) is 20.4. The van der Waals surface area contributed by atoms with E-state index in [4.69, 9.17) is 4.74 Å². The van der Waals surface area contributed by atoms with Crippen molar-refractivity contribution in [2.45, 2.75) is 43.6 Å². The highest BCUT2D eigenvalue weighted by Crippen LogP contribution is 2.40. The van der Waals surface area contributed by atoms with E-state index >= 15 is 0 Å². The lowest BCUT2D eigenvalue weighted by atomic mass is 9.85. The molecule has 0 spiro atoms. The summed E-state index contributed by atoms with van der Waals surface area (Å²) in [5, 5.41) is 13.6. The van der Waals surface area contributed by atoms with Gasteiger partial charge in [-0.25, -0.2) is 8.42 Å². The van der Waals surface area contributed by atoms with E-state index in [1.165, 1.54) is 12.1 Å². The van der Waals surface area contributed by atoms with Gasteiger partial charge in [0.15, 0.2) is 9.84 Å². The van der Waals surface area contributed by atoms with Crippen LogP contribution in [0.2, 0.25) is 0 Å². The molecule has 1 unspecified atom stereocenters. The molecule has 28 heavy (non-hydrogen) atoms. The van der Waals surface area contributed by atoms with E-state index in [0.29, 0.717) is 36.4 Å². The summed E-state index contributed by atoms with van der Waals surface area (Å²) in [5.74, 6) is 0.461. The maximum absolute atomic E-state index is 12.4. The van der Waals surface area contributed by atoms with Crippen molar-refractivity contribution >= 4 is 21.4 Å². The first-order valence-electron chi connectivity index (χ1n) is 9.38. The fourth-order valence-electron chi connectivity index (χ4n) is 3.30. The van der Waals surface area contributed by atoms with Gasteiger partial charge in [0.2, 0.25) is 5.91 Å². The van der Waals surface area contributed by atoms with E-state index in [1.807, 2.05) is 6.92 Å². The third kappa shape index (κ3) is 4.20. The highest BCUT2D eigenvalue weighted by Gasteiger charge is 2.34. The molecule has 6 nitrogen and oxygen atoms in total. The SMILES string of the molecule is CCC1(O)CCOc2ccc(NC(=O)Cc3ccc(S(=O)(=O)CC)cc3)cc21. The van der Waals surface area contributed by atoms with Crippen LogP contribution in [0, 0.1) is 0 Å². The minimum atomic E-state index is -3.25. The number of benzene rings is 2. The lowest BCUT2D eigenvalue weighted by Gasteiger charge is -2.33. The number of hydrogen-bond donors (Lipinski definition) is 2. The average molecular weight is 404 g/mol. The number of carbonyl (C=O) groups excluding carboxylic acids is 1. The van der Waals surface area contributed by atoms with Crippen LogP contribution >= 0.6 is 0 Å². The summed E-state index contributed by atoms with van der Waals surface area (Å²) >= 11 is 0. The summed E-state index contributed by atoms with van der Waals surface area (Å²) in [6, 6.07) is 11.6. The first kappa shape index (κ1) is 20.4. The van der Waals surface area contributed by atoms with Gasteiger partial charge in [-0.05, 0) is 42.3 Å². The lowest BCUT2D eigenvalue weighted by Crippen LogP contribution is -2.32. The van der Waals surface area contributed by atoms with Gasteiger partial charge in [0.25, 0.3) is 0 Å². The van der Waals surface area contributed by atoms with Gasteiger partial charge in [0.05, 0.1) is 29.3 Å². The van der Waals surface area contributed by atoms with Crippen molar-refractivity contribution in [3.63, 3.8) is 0 Å². The Labute approximate surface area is 165 Å². The van der Waals surface area contributed by atoms with Gasteiger partial charge in [0.1, 0.15) is 5.75 Å². The van der Waals surface area contributed by atoms with Gasteiger partial charge >= 0.3 is 0 Å². The zero-order valence-electron chi connectivity index (χ0n) is 16.1. The van der Waals surface area contributed by atoms with Crippen LogP contribution in [-0.4, -0.2) is 31.8 Å². The van der Waals surface area contributed by atoms with E-state index in [1.54, 1.807) is 37.3 Å². The maximum atomic E-state index is 12.4. The second kappa shape index (κ2) is 7.93. The van der Waals surface area contributed by atoms with Crippen molar-refractivity contribution in [2.75, 3.05) is 17.7 Å². The van der Waals surface area contributed by atoms with Crippen LogP contribution in [0.25, 0.3) is 0 Å². The van der Waals surface area contributed by atoms with E-state index in [9.17, 15) is 18.3 Å². The van der Waals surface area contributed by atoms with Gasteiger partial charge in [-0.1, -0.05) is 26.0 Å². The smallest absolute Gasteiger partial charge is 0.228 e.